The molecule has 2 fully saturated rings. The lowest BCUT2D eigenvalue weighted by Gasteiger charge is -2.26. The molecule has 0 bridgehead atoms. The Morgan fingerprint density at radius 1 is 1.46 bits per heavy atom. The maximum Gasteiger partial charge on any atom is 0.0670 e. The number of hydrogen-bond donors (Lipinski definition) is 2. The van der Waals surface area contributed by atoms with Gasteiger partial charge in [0.05, 0.1) is 18.8 Å². The van der Waals surface area contributed by atoms with Crippen molar-refractivity contribution in [2.75, 3.05) is 26.4 Å². The molecule has 13 heavy (non-hydrogen) atoms. The van der Waals surface area contributed by atoms with E-state index in [9.17, 15) is 5.11 Å². The highest BCUT2D eigenvalue weighted by Gasteiger charge is 2.33. The number of hydrogen-bond acceptors (Lipinski definition) is 3. The van der Waals surface area contributed by atoms with Crippen molar-refractivity contribution in [3.8, 4) is 0 Å². The topological polar surface area (TPSA) is 41.5 Å². The normalized spacial score (nSPS) is 33.9. The highest BCUT2D eigenvalue weighted by Crippen LogP contribution is 2.29. The van der Waals surface area contributed by atoms with Crippen LogP contribution in [0.2, 0.25) is 0 Å². The summed E-state index contributed by atoms with van der Waals surface area (Å²) in [6, 6.07) is 0. The van der Waals surface area contributed by atoms with Gasteiger partial charge in [-0.15, -0.1) is 0 Å². The zero-order valence-electron chi connectivity index (χ0n) is 8.09. The van der Waals surface area contributed by atoms with E-state index in [1.807, 2.05) is 0 Å². The molecule has 2 aliphatic rings. The van der Waals surface area contributed by atoms with Crippen molar-refractivity contribution in [1.29, 1.82) is 0 Å². The molecule has 0 spiro atoms. The molecule has 0 aromatic rings. The number of nitrogens with one attached hydrogen (secondary N) is 1. The SMILES string of the molecule is OCC1(COCC2CC2)CCCN1. The molecule has 1 aliphatic carbocycles. The lowest BCUT2D eigenvalue weighted by atomic mass is 10.0. The molecule has 0 aromatic carbocycles. The van der Waals surface area contributed by atoms with Gasteiger partial charge in [-0.2, -0.15) is 0 Å². The van der Waals surface area contributed by atoms with E-state index >= 15 is 0 Å². The maximum atomic E-state index is 9.25. The summed E-state index contributed by atoms with van der Waals surface area (Å²) in [6.45, 7) is 2.80. The van der Waals surface area contributed by atoms with Crippen LogP contribution in [0.15, 0.2) is 0 Å². The van der Waals surface area contributed by atoms with Crippen LogP contribution in [0.1, 0.15) is 25.7 Å². The Bertz CT molecular complexity index is 162. The van der Waals surface area contributed by atoms with Gasteiger partial charge in [0.25, 0.3) is 0 Å². The fourth-order valence-corrected chi connectivity index (χ4v) is 1.88. The molecule has 1 saturated carbocycles. The van der Waals surface area contributed by atoms with Crippen molar-refractivity contribution >= 4 is 0 Å². The third-order valence-electron chi connectivity index (χ3n) is 3.06. The van der Waals surface area contributed by atoms with Crippen LogP contribution in [0.3, 0.4) is 0 Å². The van der Waals surface area contributed by atoms with E-state index in [2.05, 4.69) is 5.32 Å². The molecular formula is C10H19NO2. The van der Waals surface area contributed by atoms with Crippen molar-refractivity contribution in [3.05, 3.63) is 0 Å². The van der Waals surface area contributed by atoms with E-state index in [-0.39, 0.29) is 12.1 Å². The summed E-state index contributed by atoms with van der Waals surface area (Å²) in [5, 5.41) is 12.6. The summed E-state index contributed by atoms with van der Waals surface area (Å²) in [7, 11) is 0. The highest BCUT2D eigenvalue weighted by molar-refractivity contribution is 4.92. The van der Waals surface area contributed by atoms with E-state index in [0.717, 1.165) is 31.9 Å². The molecule has 1 saturated heterocycles. The predicted molar refractivity (Wildman–Crippen MR) is 50.6 cm³/mol. The van der Waals surface area contributed by atoms with Gasteiger partial charge >= 0.3 is 0 Å². The molecule has 1 heterocycles. The van der Waals surface area contributed by atoms with Crippen molar-refractivity contribution in [2.45, 2.75) is 31.2 Å². The van der Waals surface area contributed by atoms with Crippen LogP contribution in [0.25, 0.3) is 0 Å². The largest absolute Gasteiger partial charge is 0.394 e. The Morgan fingerprint density at radius 2 is 2.31 bits per heavy atom. The first-order valence-corrected chi connectivity index (χ1v) is 5.28. The van der Waals surface area contributed by atoms with Crippen LogP contribution >= 0.6 is 0 Å². The summed E-state index contributed by atoms with van der Waals surface area (Å²) in [5.41, 5.74) is -0.116. The van der Waals surface area contributed by atoms with E-state index in [1.54, 1.807) is 0 Å². The summed E-state index contributed by atoms with van der Waals surface area (Å²) in [4.78, 5) is 0. The minimum Gasteiger partial charge on any atom is -0.394 e. The van der Waals surface area contributed by atoms with Crippen LogP contribution in [0, 0.1) is 5.92 Å². The average molecular weight is 185 g/mol. The molecule has 0 aromatic heterocycles. The summed E-state index contributed by atoms with van der Waals surface area (Å²) < 4.78 is 5.61. The van der Waals surface area contributed by atoms with E-state index < -0.39 is 0 Å². The zero-order valence-corrected chi connectivity index (χ0v) is 8.09. The van der Waals surface area contributed by atoms with Gasteiger partial charge in [-0.05, 0) is 38.1 Å². The molecule has 1 atom stereocenters. The van der Waals surface area contributed by atoms with Crippen molar-refractivity contribution < 1.29 is 9.84 Å². The number of aliphatic hydroxyl groups is 1. The second kappa shape index (κ2) is 3.95. The van der Waals surface area contributed by atoms with Gasteiger partial charge in [-0.25, -0.2) is 0 Å². The molecule has 76 valence electrons. The van der Waals surface area contributed by atoms with Crippen LogP contribution in [0.4, 0.5) is 0 Å². The van der Waals surface area contributed by atoms with Gasteiger partial charge in [0.2, 0.25) is 0 Å². The molecular weight excluding hydrogens is 166 g/mol. The first-order valence-electron chi connectivity index (χ1n) is 5.28. The summed E-state index contributed by atoms with van der Waals surface area (Å²) in [5.74, 6) is 0.817. The standard InChI is InChI=1S/C10H19NO2/c12-7-10(4-1-5-11-10)8-13-6-9-2-3-9/h9,11-12H,1-8H2. The fraction of sp³-hybridized carbons (Fsp3) is 1.00. The molecule has 0 amide bonds. The van der Waals surface area contributed by atoms with Gasteiger partial charge in [0, 0.05) is 6.61 Å². The second-order valence-corrected chi connectivity index (χ2v) is 4.43. The fourth-order valence-electron chi connectivity index (χ4n) is 1.88. The number of ether oxygens (including phenoxy) is 1. The monoisotopic (exact) mass is 185 g/mol. The Hall–Kier alpha value is -0.120. The van der Waals surface area contributed by atoms with Crippen LogP contribution in [-0.2, 0) is 4.74 Å². The van der Waals surface area contributed by atoms with Crippen molar-refractivity contribution in [1.82, 2.24) is 5.32 Å². The van der Waals surface area contributed by atoms with E-state index in [1.165, 1.54) is 12.8 Å². The number of aliphatic hydroxyl groups excluding tert-OH is 1. The average Bonchev–Trinajstić information content (AvgIpc) is 2.84. The molecule has 3 nitrogen and oxygen atoms in total. The van der Waals surface area contributed by atoms with Gasteiger partial charge in [-0.3, -0.25) is 0 Å². The van der Waals surface area contributed by atoms with Gasteiger partial charge in [0.1, 0.15) is 0 Å². The molecule has 0 radical (unpaired) electrons. The quantitative estimate of drug-likeness (QED) is 0.656. The predicted octanol–water partition coefficient (Wildman–Crippen LogP) is 0.528. The lowest BCUT2D eigenvalue weighted by molar-refractivity contribution is 0.0402. The maximum absolute atomic E-state index is 9.25. The minimum absolute atomic E-state index is 0.116. The zero-order chi connectivity index (χ0) is 9.15. The van der Waals surface area contributed by atoms with E-state index in [4.69, 9.17) is 4.74 Å². The molecule has 2 rings (SSSR count). The smallest absolute Gasteiger partial charge is 0.0670 e. The molecule has 1 aliphatic heterocycles. The molecule has 3 heteroatoms. The third kappa shape index (κ3) is 2.42. The Labute approximate surface area is 79.5 Å². The van der Waals surface area contributed by atoms with E-state index in [0.29, 0.717) is 6.61 Å². The van der Waals surface area contributed by atoms with Crippen LogP contribution in [0.5, 0.6) is 0 Å². The first kappa shape index (κ1) is 9.44. The Balaban J connectivity index is 1.69. The minimum atomic E-state index is -0.116. The van der Waals surface area contributed by atoms with Crippen LogP contribution in [-0.4, -0.2) is 37.0 Å². The first-order chi connectivity index (χ1) is 6.35. The number of rotatable bonds is 5. The van der Waals surface area contributed by atoms with Gasteiger partial charge < -0.3 is 15.2 Å². The Morgan fingerprint density at radius 3 is 2.85 bits per heavy atom. The second-order valence-electron chi connectivity index (χ2n) is 4.43. The molecule has 1 unspecified atom stereocenters. The lowest BCUT2D eigenvalue weighted by Crippen LogP contribution is -2.47. The summed E-state index contributed by atoms with van der Waals surface area (Å²) in [6.07, 6.45) is 4.88. The van der Waals surface area contributed by atoms with Crippen LogP contribution < -0.4 is 5.32 Å². The van der Waals surface area contributed by atoms with Crippen molar-refractivity contribution in [2.24, 2.45) is 5.92 Å². The Kier molecular flexibility index (Phi) is 2.86. The third-order valence-corrected chi connectivity index (χ3v) is 3.06. The summed E-state index contributed by atoms with van der Waals surface area (Å²) >= 11 is 0. The van der Waals surface area contributed by atoms with Gasteiger partial charge in [-0.1, -0.05) is 0 Å². The van der Waals surface area contributed by atoms with Gasteiger partial charge in [0.15, 0.2) is 0 Å². The molecule has 2 N–H and O–H groups in total. The van der Waals surface area contributed by atoms with Crippen molar-refractivity contribution in [3.63, 3.8) is 0 Å². The highest BCUT2D eigenvalue weighted by atomic mass is 16.5.